The molecule has 9 heteroatoms. The van der Waals surface area contributed by atoms with E-state index in [1.54, 1.807) is 13.8 Å². The fourth-order valence-corrected chi connectivity index (χ4v) is 2.04. The van der Waals surface area contributed by atoms with Crippen LogP contribution >= 0.6 is 23.2 Å². The highest BCUT2D eigenvalue weighted by atomic mass is 35.5. The molecule has 1 amide bonds. The van der Waals surface area contributed by atoms with Crippen molar-refractivity contribution in [1.29, 1.82) is 0 Å². The van der Waals surface area contributed by atoms with Crippen LogP contribution in [0.1, 0.15) is 21.6 Å². The summed E-state index contributed by atoms with van der Waals surface area (Å²) in [6.45, 7) is 3.58. The first kappa shape index (κ1) is 15.3. The van der Waals surface area contributed by atoms with Crippen molar-refractivity contribution in [3.8, 4) is 0 Å². The molecule has 2 N–H and O–H groups in total. The zero-order valence-corrected chi connectivity index (χ0v) is 12.5. The number of carbonyl (C=O) groups excluding carboxylic acids is 1. The van der Waals surface area contributed by atoms with Crippen molar-refractivity contribution in [3.05, 3.63) is 49.1 Å². The minimum Gasteiger partial charge on any atom is -0.305 e. The summed E-state index contributed by atoms with van der Waals surface area (Å²) >= 11 is 11.7. The van der Waals surface area contributed by atoms with Gasteiger partial charge < -0.3 is 5.32 Å². The van der Waals surface area contributed by atoms with Crippen molar-refractivity contribution >= 4 is 40.6 Å². The molecule has 21 heavy (non-hydrogen) atoms. The summed E-state index contributed by atoms with van der Waals surface area (Å²) in [5.41, 5.74) is 1.16. The Kier molecular flexibility index (Phi) is 4.15. The largest absolute Gasteiger partial charge is 0.305 e. The fourth-order valence-electron chi connectivity index (χ4n) is 1.63. The summed E-state index contributed by atoms with van der Waals surface area (Å²) in [5, 5.41) is 19.9. The number of aromatic amines is 1. The molecule has 1 aromatic carbocycles. The van der Waals surface area contributed by atoms with E-state index in [-0.39, 0.29) is 21.3 Å². The molecule has 0 aliphatic rings. The molecular formula is C12H10Cl2N4O3. The first-order chi connectivity index (χ1) is 9.81. The lowest BCUT2D eigenvalue weighted by molar-refractivity contribution is -0.384. The van der Waals surface area contributed by atoms with Crippen LogP contribution in [0, 0.1) is 24.0 Å². The van der Waals surface area contributed by atoms with Crippen LogP contribution in [0.5, 0.6) is 0 Å². The number of carbonyl (C=O) groups is 1. The SMILES string of the molecule is Cc1[nH]nc(NC(=O)c2cc([N+](=O)[O-])cc(Cl)c2Cl)c1C. The number of nitrogens with zero attached hydrogens (tertiary/aromatic N) is 2. The molecule has 0 unspecified atom stereocenters. The van der Waals surface area contributed by atoms with E-state index in [9.17, 15) is 14.9 Å². The predicted molar refractivity (Wildman–Crippen MR) is 79.1 cm³/mol. The standard InChI is InChI=1S/C12H10Cl2N4O3/c1-5-6(2)16-17-11(5)15-12(19)8-3-7(18(20)21)4-9(13)10(8)14/h3-4H,1-2H3,(H2,15,16,17,19). The summed E-state index contributed by atoms with van der Waals surface area (Å²) in [5.74, 6) is -0.295. The van der Waals surface area contributed by atoms with Crippen LogP contribution in [-0.4, -0.2) is 21.0 Å². The van der Waals surface area contributed by atoms with Gasteiger partial charge in [-0.05, 0) is 13.8 Å². The Hall–Kier alpha value is -2.12. The quantitative estimate of drug-likeness (QED) is 0.665. The van der Waals surface area contributed by atoms with Gasteiger partial charge >= 0.3 is 0 Å². The summed E-state index contributed by atoms with van der Waals surface area (Å²) in [4.78, 5) is 22.4. The normalized spacial score (nSPS) is 10.5. The number of hydrogen-bond donors (Lipinski definition) is 2. The molecule has 0 fully saturated rings. The van der Waals surface area contributed by atoms with E-state index in [4.69, 9.17) is 23.2 Å². The monoisotopic (exact) mass is 328 g/mol. The van der Waals surface area contributed by atoms with Gasteiger partial charge in [-0.3, -0.25) is 20.0 Å². The lowest BCUT2D eigenvalue weighted by atomic mass is 10.2. The third-order valence-electron chi connectivity index (χ3n) is 2.95. The number of nitrogens with one attached hydrogen (secondary N) is 2. The fraction of sp³-hybridized carbons (Fsp3) is 0.167. The molecule has 110 valence electrons. The molecule has 0 aliphatic carbocycles. The smallest absolute Gasteiger partial charge is 0.271 e. The molecule has 0 aliphatic heterocycles. The summed E-state index contributed by atoms with van der Waals surface area (Å²) in [6.07, 6.45) is 0. The van der Waals surface area contributed by atoms with Crippen LogP contribution in [0.2, 0.25) is 10.0 Å². The van der Waals surface area contributed by atoms with Crippen molar-refractivity contribution in [3.63, 3.8) is 0 Å². The molecular weight excluding hydrogens is 319 g/mol. The highest BCUT2D eigenvalue weighted by Gasteiger charge is 2.20. The number of aryl methyl sites for hydroxylation is 1. The van der Waals surface area contributed by atoms with Gasteiger partial charge in [-0.1, -0.05) is 23.2 Å². The second-order valence-corrected chi connectivity index (χ2v) is 5.11. The molecule has 1 heterocycles. The van der Waals surface area contributed by atoms with Crippen LogP contribution in [-0.2, 0) is 0 Å². The molecule has 2 rings (SSSR count). The number of nitro benzene ring substituents is 1. The van der Waals surface area contributed by atoms with E-state index in [0.29, 0.717) is 5.82 Å². The van der Waals surface area contributed by atoms with Gasteiger partial charge in [0.25, 0.3) is 11.6 Å². The summed E-state index contributed by atoms with van der Waals surface area (Å²) < 4.78 is 0. The van der Waals surface area contributed by atoms with Gasteiger partial charge in [-0.25, -0.2) is 0 Å². The topological polar surface area (TPSA) is 101 Å². The van der Waals surface area contributed by atoms with Crippen LogP contribution in [0.15, 0.2) is 12.1 Å². The number of aromatic nitrogens is 2. The van der Waals surface area contributed by atoms with Crippen molar-refractivity contribution < 1.29 is 9.72 Å². The first-order valence-corrected chi connectivity index (χ1v) is 6.53. The van der Waals surface area contributed by atoms with E-state index in [0.717, 1.165) is 23.4 Å². The molecule has 0 saturated heterocycles. The Balaban J connectivity index is 2.39. The number of rotatable bonds is 3. The van der Waals surface area contributed by atoms with Gasteiger partial charge in [-0.2, -0.15) is 5.10 Å². The van der Waals surface area contributed by atoms with Crippen molar-refractivity contribution in [2.75, 3.05) is 5.32 Å². The van der Waals surface area contributed by atoms with Crippen LogP contribution in [0.4, 0.5) is 11.5 Å². The molecule has 0 atom stereocenters. The predicted octanol–water partition coefficient (Wildman–Crippen LogP) is 3.49. The maximum Gasteiger partial charge on any atom is 0.271 e. The Morgan fingerprint density at radius 2 is 2.05 bits per heavy atom. The van der Waals surface area contributed by atoms with Gasteiger partial charge in [-0.15, -0.1) is 0 Å². The van der Waals surface area contributed by atoms with Gasteiger partial charge in [0.15, 0.2) is 5.82 Å². The number of hydrogen-bond acceptors (Lipinski definition) is 4. The van der Waals surface area contributed by atoms with E-state index in [2.05, 4.69) is 15.5 Å². The first-order valence-electron chi connectivity index (χ1n) is 5.77. The molecule has 1 aromatic heterocycles. The highest BCUT2D eigenvalue weighted by Crippen LogP contribution is 2.31. The van der Waals surface area contributed by atoms with E-state index >= 15 is 0 Å². The van der Waals surface area contributed by atoms with Gasteiger partial charge in [0.2, 0.25) is 0 Å². The van der Waals surface area contributed by atoms with Crippen LogP contribution < -0.4 is 5.32 Å². The van der Waals surface area contributed by atoms with Gasteiger partial charge in [0.1, 0.15) is 0 Å². The number of benzene rings is 1. The Labute approximate surface area is 129 Å². The average molecular weight is 329 g/mol. The minimum atomic E-state index is -0.650. The van der Waals surface area contributed by atoms with Crippen LogP contribution in [0.3, 0.4) is 0 Å². The molecule has 0 radical (unpaired) electrons. The number of anilines is 1. The minimum absolute atomic E-state index is 0.0512. The molecule has 0 bridgehead atoms. The Morgan fingerprint density at radius 1 is 1.38 bits per heavy atom. The maximum absolute atomic E-state index is 12.2. The zero-order valence-electron chi connectivity index (χ0n) is 11.0. The number of non-ortho nitro benzene ring substituents is 1. The maximum atomic E-state index is 12.2. The lowest BCUT2D eigenvalue weighted by Gasteiger charge is -2.06. The zero-order chi connectivity index (χ0) is 15.7. The Morgan fingerprint density at radius 3 is 2.57 bits per heavy atom. The molecule has 0 spiro atoms. The third-order valence-corrected chi connectivity index (χ3v) is 3.76. The van der Waals surface area contributed by atoms with Crippen LogP contribution in [0.25, 0.3) is 0 Å². The Bertz CT molecular complexity index is 742. The van der Waals surface area contributed by atoms with Crippen molar-refractivity contribution in [2.45, 2.75) is 13.8 Å². The summed E-state index contributed by atoms with van der Waals surface area (Å²) in [6, 6.07) is 2.16. The third kappa shape index (κ3) is 2.98. The van der Waals surface area contributed by atoms with Gasteiger partial charge in [0, 0.05) is 23.4 Å². The lowest BCUT2D eigenvalue weighted by Crippen LogP contribution is -2.14. The number of halogens is 2. The van der Waals surface area contributed by atoms with E-state index < -0.39 is 10.8 Å². The van der Waals surface area contributed by atoms with Crippen molar-refractivity contribution in [1.82, 2.24) is 10.2 Å². The molecule has 2 aromatic rings. The number of H-pyrrole nitrogens is 1. The van der Waals surface area contributed by atoms with E-state index in [1.807, 2.05) is 0 Å². The molecule has 7 nitrogen and oxygen atoms in total. The number of nitro groups is 1. The van der Waals surface area contributed by atoms with Crippen molar-refractivity contribution in [2.24, 2.45) is 0 Å². The summed E-state index contributed by atoms with van der Waals surface area (Å²) in [7, 11) is 0. The molecule has 0 saturated carbocycles. The number of amides is 1. The average Bonchev–Trinajstić information content (AvgIpc) is 2.73. The van der Waals surface area contributed by atoms with E-state index in [1.165, 1.54) is 0 Å². The van der Waals surface area contributed by atoms with Gasteiger partial charge in [0.05, 0.1) is 20.5 Å². The highest BCUT2D eigenvalue weighted by molar-refractivity contribution is 6.44. The second-order valence-electron chi connectivity index (χ2n) is 4.32. The second kappa shape index (κ2) is 5.71.